The van der Waals surface area contributed by atoms with Crippen LogP contribution in [0, 0.1) is 5.82 Å². The zero-order chi connectivity index (χ0) is 13.1. The Kier molecular flexibility index (Phi) is 4.11. The predicted molar refractivity (Wildman–Crippen MR) is 75.0 cm³/mol. The minimum Gasteiger partial charge on any atom is -0.389 e. The van der Waals surface area contributed by atoms with Crippen LogP contribution in [0.15, 0.2) is 18.2 Å². The maximum atomic E-state index is 13.8. The SMILES string of the molecule is CN1CCN(Nc2ccc(C(N)=S)cc2F)CC1. The molecule has 2 rings (SSSR count). The smallest absolute Gasteiger partial charge is 0.148 e. The number of halogens is 1. The predicted octanol–water partition coefficient (Wildman–Crippen LogP) is 1.03. The fraction of sp³-hybridized carbons (Fsp3) is 0.417. The van der Waals surface area contributed by atoms with Gasteiger partial charge in [0, 0.05) is 31.7 Å². The van der Waals surface area contributed by atoms with Crippen molar-refractivity contribution in [3.8, 4) is 0 Å². The first-order valence-electron chi connectivity index (χ1n) is 5.86. The molecule has 98 valence electrons. The Balaban J connectivity index is 2.03. The molecule has 1 heterocycles. The Morgan fingerprint density at radius 3 is 2.56 bits per heavy atom. The highest BCUT2D eigenvalue weighted by atomic mass is 32.1. The van der Waals surface area contributed by atoms with E-state index in [-0.39, 0.29) is 10.8 Å². The topological polar surface area (TPSA) is 44.5 Å². The van der Waals surface area contributed by atoms with Gasteiger partial charge in [-0.25, -0.2) is 9.40 Å². The molecule has 18 heavy (non-hydrogen) atoms. The average Bonchev–Trinajstić information content (AvgIpc) is 2.34. The van der Waals surface area contributed by atoms with Crippen molar-refractivity contribution < 1.29 is 4.39 Å². The lowest BCUT2D eigenvalue weighted by Crippen LogP contribution is -2.47. The van der Waals surface area contributed by atoms with E-state index in [1.54, 1.807) is 12.1 Å². The summed E-state index contributed by atoms with van der Waals surface area (Å²) in [5.41, 5.74) is 9.55. The van der Waals surface area contributed by atoms with Gasteiger partial charge in [0.2, 0.25) is 0 Å². The number of nitrogens with one attached hydrogen (secondary N) is 1. The maximum Gasteiger partial charge on any atom is 0.148 e. The third-order valence-electron chi connectivity index (χ3n) is 3.04. The van der Waals surface area contributed by atoms with Crippen molar-refractivity contribution >= 4 is 22.9 Å². The lowest BCUT2D eigenvalue weighted by Gasteiger charge is -2.33. The molecule has 1 aromatic rings. The maximum absolute atomic E-state index is 13.8. The minimum absolute atomic E-state index is 0.208. The number of rotatable bonds is 3. The Morgan fingerprint density at radius 1 is 1.33 bits per heavy atom. The molecule has 0 aromatic heterocycles. The van der Waals surface area contributed by atoms with Crippen molar-refractivity contribution in [2.45, 2.75) is 0 Å². The van der Waals surface area contributed by atoms with E-state index in [1.807, 2.05) is 5.01 Å². The van der Waals surface area contributed by atoms with Crippen LogP contribution in [0.2, 0.25) is 0 Å². The van der Waals surface area contributed by atoms with E-state index in [0.717, 1.165) is 26.2 Å². The van der Waals surface area contributed by atoms with Gasteiger partial charge in [0.15, 0.2) is 0 Å². The fourth-order valence-electron chi connectivity index (χ4n) is 1.85. The fourth-order valence-corrected chi connectivity index (χ4v) is 1.97. The number of hydrogen-bond acceptors (Lipinski definition) is 4. The number of hydrogen-bond donors (Lipinski definition) is 2. The number of anilines is 1. The van der Waals surface area contributed by atoms with Gasteiger partial charge in [-0.05, 0) is 25.2 Å². The van der Waals surface area contributed by atoms with Crippen LogP contribution in [0.1, 0.15) is 5.56 Å². The van der Waals surface area contributed by atoms with E-state index in [4.69, 9.17) is 18.0 Å². The molecule has 1 aliphatic heterocycles. The Morgan fingerprint density at radius 2 is 2.00 bits per heavy atom. The number of hydrazine groups is 1. The van der Waals surface area contributed by atoms with Crippen LogP contribution in [-0.4, -0.2) is 48.1 Å². The molecule has 0 bridgehead atoms. The van der Waals surface area contributed by atoms with Crippen molar-refractivity contribution in [2.75, 3.05) is 38.7 Å². The van der Waals surface area contributed by atoms with Crippen LogP contribution in [-0.2, 0) is 0 Å². The summed E-state index contributed by atoms with van der Waals surface area (Å²) < 4.78 is 13.8. The minimum atomic E-state index is -0.334. The van der Waals surface area contributed by atoms with E-state index in [1.165, 1.54) is 6.07 Å². The lowest BCUT2D eigenvalue weighted by molar-refractivity contribution is 0.178. The summed E-state index contributed by atoms with van der Waals surface area (Å²) in [6.45, 7) is 3.68. The first-order chi connectivity index (χ1) is 8.56. The zero-order valence-corrected chi connectivity index (χ0v) is 11.1. The van der Waals surface area contributed by atoms with Gasteiger partial charge in [-0.3, -0.25) is 0 Å². The van der Waals surface area contributed by atoms with Crippen molar-refractivity contribution in [3.63, 3.8) is 0 Å². The lowest BCUT2D eigenvalue weighted by atomic mass is 10.2. The number of nitrogens with zero attached hydrogens (tertiary/aromatic N) is 2. The number of thiocarbonyl (C=S) groups is 1. The molecule has 1 aromatic carbocycles. The zero-order valence-electron chi connectivity index (χ0n) is 10.3. The van der Waals surface area contributed by atoms with E-state index < -0.39 is 0 Å². The van der Waals surface area contributed by atoms with Gasteiger partial charge < -0.3 is 16.1 Å². The highest BCUT2D eigenvalue weighted by Gasteiger charge is 2.15. The summed E-state index contributed by atoms with van der Waals surface area (Å²) in [5.74, 6) is -0.334. The van der Waals surface area contributed by atoms with Crippen LogP contribution < -0.4 is 11.2 Å². The van der Waals surface area contributed by atoms with Gasteiger partial charge >= 0.3 is 0 Å². The highest BCUT2D eigenvalue weighted by Crippen LogP contribution is 2.17. The molecule has 0 atom stereocenters. The van der Waals surface area contributed by atoms with E-state index in [2.05, 4.69) is 17.4 Å². The molecular formula is C12H17FN4S. The molecule has 0 saturated carbocycles. The van der Waals surface area contributed by atoms with Gasteiger partial charge in [0.1, 0.15) is 10.8 Å². The molecule has 4 nitrogen and oxygen atoms in total. The molecule has 6 heteroatoms. The van der Waals surface area contributed by atoms with Crippen molar-refractivity contribution in [3.05, 3.63) is 29.6 Å². The van der Waals surface area contributed by atoms with E-state index in [0.29, 0.717) is 11.3 Å². The molecule has 0 spiro atoms. The quantitative estimate of drug-likeness (QED) is 0.802. The summed E-state index contributed by atoms with van der Waals surface area (Å²) in [6, 6.07) is 4.76. The average molecular weight is 268 g/mol. The molecule has 1 fully saturated rings. The summed E-state index contributed by atoms with van der Waals surface area (Å²) >= 11 is 4.81. The first kappa shape index (κ1) is 13.2. The van der Waals surface area contributed by atoms with Crippen LogP contribution in [0.3, 0.4) is 0 Å². The van der Waals surface area contributed by atoms with Crippen molar-refractivity contribution in [2.24, 2.45) is 5.73 Å². The van der Waals surface area contributed by atoms with Gasteiger partial charge in [-0.2, -0.15) is 0 Å². The molecule has 1 saturated heterocycles. The van der Waals surface area contributed by atoms with Crippen LogP contribution in [0.5, 0.6) is 0 Å². The van der Waals surface area contributed by atoms with Gasteiger partial charge in [0.25, 0.3) is 0 Å². The molecule has 0 unspecified atom stereocenters. The first-order valence-corrected chi connectivity index (χ1v) is 6.26. The van der Waals surface area contributed by atoms with Gasteiger partial charge in [0.05, 0.1) is 5.69 Å². The van der Waals surface area contributed by atoms with E-state index >= 15 is 0 Å². The monoisotopic (exact) mass is 268 g/mol. The van der Waals surface area contributed by atoms with Crippen LogP contribution >= 0.6 is 12.2 Å². The van der Waals surface area contributed by atoms with Crippen molar-refractivity contribution in [1.29, 1.82) is 0 Å². The second-order valence-corrected chi connectivity index (χ2v) is 4.90. The highest BCUT2D eigenvalue weighted by molar-refractivity contribution is 7.80. The molecule has 0 amide bonds. The number of piperazine rings is 1. The second kappa shape index (κ2) is 5.60. The third kappa shape index (κ3) is 3.16. The molecular weight excluding hydrogens is 251 g/mol. The van der Waals surface area contributed by atoms with Crippen LogP contribution in [0.25, 0.3) is 0 Å². The molecule has 0 radical (unpaired) electrons. The van der Waals surface area contributed by atoms with Gasteiger partial charge in [-0.15, -0.1) is 0 Å². The third-order valence-corrected chi connectivity index (χ3v) is 3.27. The second-order valence-electron chi connectivity index (χ2n) is 4.46. The summed E-state index contributed by atoms with van der Waals surface area (Å²) in [5, 5.41) is 2.01. The number of benzene rings is 1. The number of nitrogens with two attached hydrogens (primary N) is 1. The van der Waals surface area contributed by atoms with Crippen molar-refractivity contribution in [1.82, 2.24) is 9.91 Å². The molecule has 0 aliphatic carbocycles. The Hall–Kier alpha value is -1.24. The number of likely N-dealkylation sites (N-methyl/N-ethyl adjacent to an activating group) is 1. The largest absolute Gasteiger partial charge is 0.389 e. The summed E-state index contributed by atoms with van der Waals surface area (Å²) in [6.07, 6.45) is 0. The summed E-state index contributed by atoms with van der Waals surface area (Å²) in [7, 11) is 2.08. The summed E-state index contributed by atoms with van der Waals surface area (Å²) in [4.78, 5) is 2.45. The van der Waals surface area contributed by atoms with E-state index in [9.17, 15) is 4.39 Å². The normalized spacial score (nSPS) is 17.7. The Labute approximate surface area is 112 Å². The molecule has 3 N–H and O–H groups in total. The van der Waals surface area contributed by atoms with Crippen LogP contribution in [0.4, 0.5) is 10.1 Å². The Bertz CT molecular complexity index is 444. The van der Waals surface area contributed by atoms with Gasteiger partial charge in [-0.1, -0.05) is 12.2 Å². The standard InChI is InChI=1S/C12H17FN4S/c1-16-4-6-17(7-5-16)15-11-3-2-9(12(14)18)8-10(11)13/h2-3,8,15H,4-7H2,1H3,(H2,14,18). The molecule has 1 aliphatic rings.